The molecule has 0 radical (unpaired) electrons. The third-order valence-electron chi connectivity index (χ3n) is 6.12. The largest absolute Gasteiger partial charge is 0.427 e. The molecule has 5 atom stereocenters. The average Bonchev–Trinajstić information content (AvgIpc) is 3.21. The Morgan fingerprint density at radius 1 is 1.07 bits per heavy atom. The van der Waals surface area contributed by atoms with E-state index in [1.165, 1.54) is 11.8 Å². The monoisotopic (exact) mass is 400 g/mol. The van der Waals surface area contributed by atoms with Crippen LogP contribution in [-0.2, 0) is 14.4 Å². The number of rotatable bonds is 2. The minimum atomic E-state index is -0.702. The van der Waals surface area contributed by atoms with Crippen molar-refractivity contribution in [1.29, 1.82) is 5.26 Å². The van der Waals surface area contributed by atoms with Crippen LogP contribution in [0.3, 0.4) is 0 Å². The Morgan fingerprint density at radius 2 is 1.77 bits per heavy atom. The topological polar surface area (TPSA) is 91.9 Å². The van der Waals surface area contributed by atoms with Crippen molar-refractivity contribution in [2.24, 2.45) is 11.8 Å². The molecule has 2 saturated heterocycles. The first-order valence-electron chi connectivity index (χ1n) is 9.71. The van der Waals surface area contributed by atoms with Crippen molar-refractivity contribution in [1.82, 2.24) is 0 Å². The molecule has 0 aromatic heterocycles. The fourth-order valence-corrected chi connectivity index (χ4v) is 4.97. The Balaban J connectivity index is 1.54. The van der Waals surface area contributed by atoms with E-state index in [9.17, 15) is 19.6 Å². The maximum Gasteiger partial charge on any atom is 0.308 e. The number of benzene rings is 2. The molecule has 3 heterocycles. The van der Waals surface area contributed by atoms with Gasteiger partial charge in [-0.1, -0.05) is 24.3 Å². The number of esters is 1. The quantitative estimate of drug-likeness (QED) is 0.465. The molecular weight excluding hydrogens is 382 g/mol. The summed E-state index contributed by atoms with van der Waals surface area (Å²) in [6, 6.07) is 15.4. The summed E-state index contributed by atoms with van der Waals surface area (Å²) in [5.41, 5.74) is 2.40. The second kappa shape index (κ2) is 6.65. The molecule has 0 saturated carbocycles. The van der Waals surface area contributed by atoms with Crippen LogP contribution in [0, 0.1) is 23.2 Å². The summed E-state index contributed by atoms with van der Waals surface area (Å²) in [4.78, 5) is 39.9. The molecule has 3 aliphatic rings. The summed E-state index contributed by atoms with van der Waals surface area (Å²) in [6.45, 7) is 1.30. The Labute approximate surface area is 172 Å². The van der Waals surface area contributed by atoms with E-state index in [1.807, 2.05) is 36.5 Å². The van der Waals surface area contributed by atoms with Crippen molar-refractivity contribution in [3.05, 3.63) is 65.9 Å². The van der Waals surface area contributed by atoms with Gasteiger partial charge in [-0.05, 0) is 35.9 Å². The highest BCUT2D eigenvalue weighted by molar-refractivity contribution is 6.22. The Kier molecular flexibility index (Phi) is 4.05. The van der Waals surface area contributed by atoms with Crippen LogP contribution in [0.5, 0.6) is 5.75 Å². The molecule has 0 aliphatic carbocycles. The lowest BCUT2D eigenvalue weighted by Gasteiger charge is -2.28. The van der Waals surface area contributed by atoms with E-state index in [0.29, 0.717) is 11.4 Å². The van der Waals surface area contributed by atoms with Crippen LogP contribution in [0.25, 0.3) is 6.08 Å². The number of amides is 2. The van der Waals surface area contributed by atoms with Crippen molar-refractivity contribution in [3.63, 3.8) is 0 Å². The lowest BCUT2D eigenvalue weighted by Crippen LogP contribution is -3.10. The van der Waals surface area contributed by atoms with Crippen LogP contribution in [0.4, 0.5) is 5.69 Å². The Morgan fingerprint density at radius 3 is 2.47 bits per heavy atom. The summed E-state index contributed by atoms with van der Waals surface area (Å²) in [6.07, 6.45) is 3.85. The standard InChI is InChI=1S/C23H17N3O4/c1-13(27)30-16-8-6-15(7-9-16)26-22(28)19-18(12-24)25-11-10-14-4-2-3-5-17(14)21(25)20(19)23(26)29/h2-11,18-21H,1H3/p+1/t18-,19+,20+,21-/m0/s1. The fraction of sp³-hybridized carbons (Fsp3) is 0.217. The molecule has 1 unspecified atom stereocenters. The van der Waals surface area contributed by atoms with Gasteiger partial charge in [-0.2, -0.15) is 5.26 Å². The first kappa shape index (κ1) is 18.3. The molecule has 1 N–H and O–H groups in total. The normalized spacial score (nSPS) is 28.5. The van der Waals surface area contributed by atoms with Crippen molar-refractivity contribution in [2.45, 2.75) is 19.0 Å². The zero-order valence-corrected chi connectivity index (χ0v) is 16.1. The first-order valence-corrected chi connectivity index (χ1v) is 9.71. The van der Waals surface area contributed by atoms with Gasteiger partial charge < -0.3 is 4.74 Å². The second-order valence-corrected chi connectivity index (χ2v) is 7.70. The predicted molar refractivity (Wildman–Crippen MR) is 106 cm³/mol. The Hall–Kier alpha value is -3.76. The van der Waals surface area contributed by atoms with Gasteiger partial charge in [-0.15, -0.1) is 0 Å². The van der Waals surface area contributed by atoms with Gasteiger partial charge in [0.15, 0.2) is 6.04 Å². The highest BCUT2D eigenvalue weighted by Crippen LogP contribution is 2.44. The number of quaternary nitrogens is 1. The lowest BCUT2D eigenvalue weighted by atomic mass is 9.85. The van der Waals surface area contributed by atoms with E-state index in [-0.39, 0.29) is 17.9 Å². The summed E-state index contributed by atoms with van der Waals surface area (Å²) in [5, 5.41) is 9.85. The van der Waals surface area contributed by atoms with Crippen molar-refractivity contribution >= 4 is 29.5 Å². The zero-order chi connectivity index (χ0) is 21.0. The van der Waals surface area contributed by atoms with Crippen LogP contribution in [-0.4, -0.2) is 23.8 Å². The van der Waals surface area contributed by atoms with Gasteiger partial charge in [0.2, 0.25) is 11.8 Å². The molecule has 2 aromatic carbocycles. The van der Waals surface area contributed by atoms with Crippen molar-refractivity contribution in [3.8, 4) is 11.8 Å². The van der Waals surface area contributed by atoms with Crippen LogP contribution >= 0.6 is 0 Å². The number of ether oxygens (including phenoxy) is 1. The number of nitriles is 1. The molecule has 2 amide bonds. The first-order chi connectivity index (χ1) is 14.5. The second-order valence-electron chi connectivity index (χ2n) is 7.70. The van der Waals surface area contributed by atoms with Crippen LogP contribution in [0.2, 0.25) is 0 Å². The summed E-state index contributed by atoms with van der Waals surface area (Å²) >= 11 is 0. The lowest BCUT2D eigenvalue weighted by molar-refractivity contribution is -0.885. The third kappa shape index (κ3) is 2.51. The molecule has 0 spiro atoms. The smallest absolute Gasteiger partial charge is 0.308 e. The number of nitrogens with zero attached hydrogens (tertiary/aromatic N) is 2. The molecule has 148 valence electrons. The number of hydrogen-bond donors (Lipinski definition) is 1. The highest BCUT2D eigenvalue weighted by atomic mass is 16.5. The van der Waals surface area contributed by atoms with E-state index < -0.39 is 23.8 Å². The Bertz CT molecular complexity index is 1150. The highest BCUT2D eigenvalue weighted by Gasteiger charge is 2.66. The minimum Gasteiger partial charge on any atom is -0.427 e. The van der Waals surface area contributed by atoms with Gasteiger partial charge >= 0.3 is 5.97 Å². The number of anilines is 1. The third-order valence-corrected chi connectivity index (χ3v) is 6.12. The summed E-state index contributed by atoms with van der Waals surface area (Å²) < 4.78 is 5.02. The molecule has 2 fully saturated rings. The van der Waals surface area contributed by atoms with E-state index in [0.717, 1.165) is 16.0 Å². The van der Waals surface area contributed by atoms with Gasteiger partial charge in [0.25, 0.3) is 0 Å². The average molecular weight is 400 g/mol. The number of hydrogen-bond acceptors (Lipinski definition) is 5. The summed E-state index contributed by atoms with van der Waals surface area (Å²) in [7, 11) is 0. The summed E-state index contributed by atoms with van der Waals surface area (Å²) in [5.74, 6) is -2.07. The molecule has 7 heteroatoms. The van der Waals surface area contributed by atoms with Gasteiger partial charge in [-0.3, -0.25) is 19.3 Å². The van der Waals surface area contributed by atoms with E-state index in [4.69, 9.17) is 4.74 Å². The van der Waals surface area contributed by atoms with Crippen molar-refractivity contribution < 1.29 is 24.0 Å². The van der Waals surface area contributed by atoms with Gasteiger partial charge in [0.05, 0.1) is 11.9 Å². The van der Waals surface area contributed by atoms with Crippen LogP contribution in [0.15, 0.2) is 54.7 Å². The molecule has 3 aliphatic heterocycles. The molecule has 0 bridgehead atoms. The molecule has 2 aromatic rings. The van der Waals surface area contributed by atoms with Gasteiger partial charge in [0.1, 0.15) is 29.7 Å². The maximum atomic E-state index is 13.5. The van der Waals surface area contributed by atoms with Gasteiger partial charge in [-0.25, -0.2) is 4.90 Å². The number of fused-ring (bicyclic) bond motifs is 5. The maximum absolute atomic E-state index is 13.5. The molecular formula is C23H18N3O4+. The van der Waals surface area contributed by atoms with Crippen LogP contribution < -0.4 is 14.5 Å². The number of nitrogens with one attached hydrogen (secondary N) is 1. The predicted octanol–water partition coefficient (Wildman–Crippen LogP) is 1.23. The van der Waals surface area contributed by atoms with Gasteiger partial charge in [0, 0.05) is 12.5 Å². The number of imide groups is 1. The van der Waals surface area contributed by atoms with E-state index in [2.05, 4.69) is 6.07 Å². The zero-order valence-electron chi connectivity index (χ0n) is 16.1. The molecule has 30 heavy (non-hydrogen) atoms. The number of carbonyl (C=O) groups is 3. The molecule has 7 nitrogen and oxygen atoms in total. The van der Waals surface area contributed by atoms with E-state index in [1.54, 1.807) is 24.3 Å². The minimum absolute atomic E-state index is 0.275. The van der Waals surface area contributed by atoms with E-state index >= 15 is 0 Å². The number of carbonyl (C=O) groups excluding carboxylic acids is 3. The fourth-order valence-electron chi connectivity index (χ4n) is 4.97. The van der Waals surface area contributed by atoms with Crippen molar-refractivity contribution in [2.75, 3.05) is 4.90 Å². The SMILES string of the molecule is CC(=O)Oc1ccc(N2C(=O)[C@@H]3[C@H](C2=O)[C@H](C#N)[NH+]2C=Cc4ccccc4[C@@H]32)cc1. The van der Waals surface area contributed by atoms with Crippen LogP contribution in [0.1, 0.15) is 24.1 Å². The molecule has 5 rings (SSSR count).